The van der Waals surface area contributed by atoms with Gasteiger partial charge in [-0.2, -0.15) is 0 Å². The molecular weight excluding hydrogens is 459 g/mol. The highest BCUT2D eigenvalue weighted by Gasteiger charge is 2.30. The number of halogens is 2. The first-order chi connectivity index (χ1) is 16.0. The summed E-state index contributed by atoms with van der Waals surface area (Å²) in [6.07, 6.45) is 3.13. The van der Waals surface area contributed by atoms with Crippen LogP contribution in [0.15, 0.2) is 70.5 Å². The minimum atomic E-state index is -0.470. The SMILES string of the molecule is O=C(c1ccc2c(c1)N(Cc1c(F)cccc1Cl)C(=O)c1ccccc1S2)N1CCCCC1. The average molecular weight is 481 g/mol. The number of benzene rings is 3. The quantitative estimate of drug-likeness (QED) is 0.434. The molecule has 0 atom stereocenters. The third-order valence-corrected chi connectivity index (χ3v) is 7.60. The van der Waals surface area contributed by atoms with Crippen LogP contribution in [0, 0.1) is 5.82 Å². The van der Waals surface area contributed by atoms with E-state index in [1.807, 2.05) is 35.2 Å². The first-order valence-corrected chi connectivity index (χ1v) is 12.2. The van der Waals surface area contributed by atoms with E-state index in [2.05, 4.69) is 0 Å². The molecule has 2 heterocycles. The Morgan fingerprint density at radius 2 is 1.76 bits per heavy atom. The standard InChI is InChI=1S/C26H22ClFN2O2S/c27-20-8-6-9-21(28)19(20)16-30-22-15-17(25(31)29-13-4-1-5-14-29)11-12-24(22)33-23-10-3-2-7-18(23)26(30)32/h2-3,6-12,15H,1,4-5,13-14,16H2. The lowest BCUT2D eigenvalue weighted by molar-refractivity contribution is 0.0724. The predicted octanol–water partition coefficient (Wildman–Crippen LogP) is 6.42. The number of carbonyl (C=O) groups is 2. The van der Waals surface area contributed by atoms with Gasteiger partial charge in [0.2, 0.25) is 0 Å². The fourth-order valence-electron chi connectivity index (χ4n) is 4.33. The van der Waals surface area contributed by atoms with Crippen molar-refractivity contribution in [1.82, 2.24) is 4.90 Å². The van der Waals surface area contributed by atoms with Crippen LogP contribution in [0.4, 0.5) is 10.1 Å². The van der Waals surface area contributed by atoms with E-state index in [1.54, 1.807) is 24.3 Å². The number of rotatable bonds is 3. The number of anilines is 1. The Balaban J connectivity index is 1.61. The molecule has 4 nitrogen and oxygen atoms in total. The summed E-state index contributed by atoms with van der Waals surface area (Å²) >= 11 is 7.78. The molecule has 2 aliphatic rings. The number of likely N-dealkylation sites (tertiary alicyclic amines) is 1. The van der Waals surface area contributed by atoms with Crippen LogP contribution in [-0.2, 0) is 6.54 Å². The molecule has 0 N–H and O–H groups in total. The molecule has 0 saturated carbocycles. The molecule has 168 valence electrons. The van der Waals surface area contributed by atoms with Crippen molar-refractivity contribution in [3.63, 3.8) is 0 Å². The van der Waals surface area contributed by atoms with Crippen molar-refractivity contribution in [2.75, 3.05) is 18.0 Å². The van der Waals surface area contributed by atoms with Crippen LogP contribution in [0.2, 0.25) is 5.02 Å². The number of carbonyl (C=O) groups excluding carboxylic acids is 2. The second-order valence-electron chi connectivity index (χ2n) is 8.23. The van der Waals surface area contributed by atoms with Crippen molar-refractivity contribution in [3.05, 3.63) is 88.2 Å². The van der Waals surface area contributed by atoms with E-state index in [4.69, 9.17) is 11.6 Å². The van der Waals surface area contributed by atoms with Gasteiger partial charge in [0.15, 0.2) is 0 Å². The highest BCUT2D eigenvalue weighted by atomic mass is 35.5. The molecule has 2 amide bonds. The van der Waals surface area contributed by atoms with Gasteiger partial charge in [-0.3, -0.25) is 9.59 Å². The van der Waals surface area contributed by atoms with Gasteiger partial charge in [-0.1, -0.05) is 41.6 Å². The summed E-state index contributed by atoms with van der Waals surface area (Å²) in [5.41, 5.74) is 1.90. The van der Waals surface area contributed by atoms with Crippen molar-refractivity contribution in [3.8, 4) is 0 Å². The van der Waals surface area contributed by atoms with E-state index < -0.39 is 5.82 Å². The summed E-state index contributed by atoms with van der Waals surface area (Å²) in [4.78, 5) is 31.9. The molecule has 0 aliphatic carbocycles. The van der Waals surface area contributed by atoms with Crippen molar-refractivity contribution in [2.24, 2.45) is 0 Å². The van der Waals surface area contributed by atoms with E-state index in [-0.39, 0.29) is 28.9 Å². The fraction of sp³-hybridized carbons (Fsp3) is 0.231. The van der Waals surface area contributed by atoms with Crippen molar-refractivity contribution in [1.29, 1.82) is 0 Å². The first kappa shape index (κ1) is 22.0. The van der Waals surface area contributed by atoms with Gasteiger partial charge < -0.3 is 9.80 Å². The van der Waals surface area contributed by atoms with E-state index in [0.29, 0.717) is 16.8 Å². The fourth-order valence-corrected chi connectivity index (χ4v) is 5.61. The van der Waals surface area contributed by atoms with Crippen LogP contribution in [0.3, 0.4) is 0 Å². The molecule has 2 aliphatic heterocycles. The number of hydrogen-bond donors (Lipinski definition) is 0. The normalized spacial score (nSPS) is 15.6. The lowest BCUT2D eigenvalue weighted by Crippen LogP contribution is -2.36. The maximum Gasteiger partial charge on any atom is 0.259 e. The van der Waals surface area contributed by atoms with Crippen molar-refractivity contribution >= 4 is 40.9 Å². The minimum Gasteiger partial charge on any atom is -0.339 e. The molecule has 1 fully saturated rings. The maximum atomic E-state index is 14.7. The number of amides is 2. The number of piperidine rings is 1. The van der Waals surface area contributed by atoms with Gasteiger partial charge >= 0.3 is 0 Å². The van der Waals surface area contributed by atoms with Crippen molar-refractivity contribution in [2.45, 2.75) is 35.6 Å². The Labute approximate surface area is 201 Å². The molecule has 33 heavy (non-hydrogen) atoms. The number of nitrogens with zero attached hydrogens (tertiary/aromatic N) is 2. The van der Waals surface area contributed by atoms with Gasteiger partial charge in [0.1, 0.15) is 5.82 Å². The summed E-state index contributed by atoms with van der Waals surface area (Å²) in [5, 5.41) is 0.259. The zero-order valence-electron chi connectivity index (χ0n) is 17.9. The molecular formula is C26H22ClFN2O2S. The predicted molar refractivity (Wildman–Crippen MR) is 129 cm³/mol. The van der Waals surface area contributed by atoms with Crippen LogP contribution >= 0.6 is 23.4 Å². The van der Waals surface area contributed by atoms with Gasteiger partial charge in [-0.15, -0.1) is 0 Å². The molecule has 0 bridgehead atoms. The van der Waals surface area contributed by atoms with Crippen LogP contribution in [0.5, 0.6) is 0 Å². The van der Waals surface area contributed by atoms with Crippen LogP contribution in [-0.4, -0.2) is 29.8 Å². The monoisotopic (exact) mass is 480 g/mol. The maximum absolute atomic E-state index is 14.7. The molecule has 1 saturated heterocycles. The van der Waals surface area contributed by atoms with E-state index in [1.165, 1.54) is 22.7 Å². The second kappa shape index (κ2) is 9.20. The molecule has 0 spiro atoms. The minimum absolute atomic E-state index is 0.0341. The Morgan fingerprint density at radius 1 is 0.970 bits per heavy atom. The highest BCUT2D eigenvalue weighted by molar-refractivity contribution is 7.99. The van der Waals surface area contributed by atoms with E-state index >= 15 is 0 Å². The Morgan fingerprint density at radius 3 is 2.55 bits per heavy atom. The van der Waals surface area contributed by atoms with Gasteiger partial charge in [0.05, 0.1) is 17.8 Å². The Kier molecular flexibility index (Phi) is 6.13. The Hall–Kier alpha value is -2.83. The van der Waals surface area contributed by atoms with Gasteiger partial charge in [-0.25, -0.2) is 4.39 Å². The van der Waals surface area contributed by atoms with Gasteiger partial charge in [-0.05, 0) is 61.7 Å². The molecule has 3 aromatic rings. The largest absolute Gasteiger partial charge is 0.339 e. The molecule has 3 aromatic carbocycles. The highest BCUT2D eigenvalue weighted by Crippen LogP contribution is 2.43. The summed E-state index contributed by atoms with van der Waals surface area (Å²) < 4.78 is 14.7. The zero-order valence-corrected chi connectivity index (χ0v) is 19.5. The van der Waals surface area contributed by atoms with Gasteiger partial charge in [0, 0.05) is 39.0 Å². The van der Waals surface area contributed by atoms with E-state index in [0.717, 1.165) is 42.1 Å². The third-order valence-electron chi connectivity index (χ3n) is 6.10. The number of fused-ring (bicyclic) bond motifs is 2. The first-order valence-electron chi connectivity index (χ1n) is 11.0. The molecule has 0 aromatic heterocycles. The zero-order chi connectivity index (χ0) is 22.9. The second-order valence-corrected chi connectivity index (χ2v) is 9.72. The van der Waals surface area contributed by atoms with Crippen LogP contribution in [0.1, 0.15) is 45.5 Å². The van der Waals surface area contributed by atoms with Gasteiger partial charge in [0.25, 0.3) is 11.8 Å². The molecule has 5 rings (SSSR count). The van der Waals surface area contributed by atoms with Crippen molar-refractivity contribution < 1.29 is 14.0 Å². The summed E-state index contributed by atoms with van der Waals surface area (Å²) in [7, 11) is 0. The lowest BCUT2D eigenvalue weighted by Gasteiger charge is -2.28. The average Bonchev–Trinajstić information content (AvgIpc) is 2.95. The molecule has 0 unspecified atom stereocenters. The lowest BCUT2D eigenvalue weighted by atomic mass is 10.1. The number of hydrogen-bond acceptors (Lipinski definition) is 3. The topological polar surface area (TPSA) is 40.6 Å². The third kappa shape index (κ3) is 4.25. The molecule has 0 radical (unpaired) electrons. The smallest absolute Gasteiger partial charge is 0.259 e. The van der Waals surface area contributed by atoms with Crippen LogP contribution in [0.25, 0.3) is 0 Å². The Bertz CT molecular complexity index is 1220. The summed E-state index contributed by atoms with van der Waals surface area (Å²) in [6.45, 7) is 1.45. The summed E-state index contributed by atoms with van der Waals surface area (Å²) in [5.74, 6) is -0.762. The van der Waals surface area contributed by atoms with Crippen LogP contribution < -0.4 is 4.90 Å². The van der Waals surface area contributed by atoms with E-state index in [9.17, 15) is 14.0 Å². The molecule has 7 heteroatoms. The summed E-state index contributed by atoms with van der Waals surface area (Å²) in [6, 6.07) is 17.3.